The van der Waals surface area contributed by atoms with E-state index in [2.05, 4.69) is 0 Å². The summed E-state index contributed by atoms with van der Waals surface area (Å²) >= 11 is 0. The zero-order valence-corrected chi connectivity index (χ0v) is 27.6. The number of carbonyl (C=O) groups is 1. The van der Waals surface area contributed by atoms with Crippen LogP contribution in [0.4, 0.5) is 4.39 Å². The maximum absolute atomic E-state index is 14.2. The standard InChI is InChI=1S/C29H54FN5O15/c1-2-9(30)18(39)11(37)4-8-3-10(33)24(48-27-15(34)21(42)19(40)12(5-31)45-27)26(17(8)38)50-29-23(44)25(14(7-36)47-29)49-28-16(35)22(43)20(41)13(6-32)46-28/h8-10,12-29,36,38-44H,2-7,31-35H2,1H3/t8-,9+,10-,12+,13-,14+,15+,16+,17-,18-,19+,20+,21-,22+,23+,24+,25+,26+,27+,28+,29-/m0/s1. The molecule has 292 valence electrons. The summed E-state index contributed by atoms with van der Waals surface area (Å²) in [6.45, 7) is 0.268. The number of ketones is 1. The molecule has 4 rings (SSSR count). The predicted molar refractivity (Wildman–Crippen MR) is 165 cm³/mol. The van der Waals surface area contributed by atoms with Crippen LogP contribution < -0.4 is 28.7 Å². The number of aliphatic hydroxyl groups is 8. The van der Waals surface area contributed by atoms with Gasteiger partial charge in [-0.3, -0.25) is 4.79 Å². The van der Waals surface area contributed by atoms with Crippen molar-refractivity contribution in [2.45, 2.75) is 149 Å². The number of Topliss-reactive ketones (excluding diaryl/α,β-unsaturated/α-hetero) is 1. The highest BCUT2D eigenvalue weighted by Crippen LogP contribution is 2.37. The lowest BCUT2D eigenvalue weighted by molar-refractivity contribution is -0.309. The fourth-order valence-corrected chi connectivity index (χ4v) is 6.81. The van der Waals surface area contributed by atoms with Crippen LogP contribution in [0.5, 0.6) is 0 Å². The van der Waals surface area contributed by atoms with Crippen LogP contribution in [0.1, 0.15) is 26.2 Å². The minimum Gasteiger partial charge on any atom is -0.394 e. The predicted octanol–water partition coefficient (Wildman–Crippen LogP) is -7.54. The van der Waals surface area contributed by atoms with Crippen molar-refractivity contribution >= 4 is 5.78 Å². The molecule has 1 aliphatic carbocycles. The van der Waals surface area contributed by atoms with Crippen LogP contribution >= 0.6 is 0 Å². The number of hydrogen-bond donors (Lipinski definition) is 13. The van der Waals surface area contributed by atoms with Crippen molar-refractivity contribution in [2.75, 3.05) is 19.7 Å². The van der Waals surface area contributed by atoms with Gasteiger partial charge in [0.25, 0.3) is 0 Å². The summed E-state index contributed by atoms with van der Waals surface area (Å²) in [6, 6.07) is -3.72. The highest BCUT2D eigenvalue weighted by Gasteiger charge is 2.55. The Labute approximate surface area is 287 Å². The van der Waals surface area contributed by atoms with E-state index in [1.54, 1.807) is 0 Å². The molecule has 0 aromatic carbocycles. The first-order valence-electron chi connectivity index (χ1n) is 16.7. The molecule has 0 aromatic rings. The molecule has 20 nitrogen and oxygen atoms in total. The van der Waals surface area contributed by atoms with E-state index in [1.165, 1.54) is 6.92 Å². The van der Waals surface area contributed by atoms with Crippen molar-refractivity contribution in [3.05, 3.63) is 0 Å². The van der Waals surface area contributed by atoms with Crippen molar-refractivity contribution in [3.8, 4) is 0 Å². The van der Waals surface area contributed by atoms with E-state index in [4.69, 9.17) is 57.1 Å². The van der Waals surface area contributed by atoms with Gasteiger partial charge in [-0.25, -0.2) is 4.39 Å². The maximum Gasteiger partial charge on any atom is 0.187 e. The third-order valence-corrected chi connectivity index (χ3v) is 9.97. The molecule has 0 unspecified atom stereocenters. The molecule has 0 aromatic heterocycles. The molecule has 3 saturated heterocycles. The van der Waals surface area contributed by atoms with E-state index < -0.39 is 147 Å². The van der Waals surface area contributed by atoms with Crippen molar-refractivity contribution in [3.63, 3.8) is 0 Å². The van der Waals surface area contributed by atoms with E-state index in [0.717, 1.165) is 0 Å². The molecular weight excluding hydrogens is 677 g/mol. The molecule has 18 N–H and O–H groups in total. The number of aliphatic hydroxyl groups excluding tert-OH is 8. The Balaban J connectivity index is 1.58. The third-order valence-electron chi connectivity index (χ3n) is 9.97. The van der Waals surface area contributed by atoms with Gasteiger partial charge in [0.1, 0.15) is 79.4 Å². The number of carbonyl (C=O) groups excluding carboxylic acids is 1. The van der Waals surface area contributed by atoms with E-state index in [-0.39, 0.29) is 25.9 Å². The van der Waals surface area contributed by atoms with Gasteiger partial charge in [-0.1, -0.05) is 6.92 Å². The zero-order chi connectivity index (χ0) is 37.2. The van der Waals surface area contributed by atoms with Gasteiger partial charge in [-0.2, -0.15) is 0 Å². The van der Waals surface area contributed by atoms with E-state index in [9.17, 15) is 50.0 Å². The van der Waals surface area contributed by atoms with Gasteiger partial charge in [-0.15, -0.1) is 0 Å². The van der Waals surface area contributed by atoms with Gasteiger partial charge < -0.3 is 97.9 Å². The van der Waals surface area contributed by atoms with Crippen LogP contribution in [0.3, 0.4) is 0 Å². The first-order chi connectivity index (χ1) is 23.6. The minimum atomic E-state index is -1.96. The lowest BCUT2D eigenvalue weighted by Gasteiger charge is -2.48. The average molecular weight is 732 g/mol. The van der Waals surface area contributed by atoms with E-state index in [1.807, 2.05) is 0 Å². The number of rotatable bonds is 14. The quantitative estimate of drug-likeness (QED) is 0.0789. The molecule has 0 spiro atoms. The summed E-state index contributed by atoms with van der Waals surface area (Å²) in [5, 5.41) is 84.6. The fourth-order valence-electron chi connectivity index (χ4n) is 6.81. The van der Waals surface area contributed by atoms with Gasteiger partial charge in [0.15, 0.2) is 24.7 Å². The van der Waals surface area contributed by atoms with E-state index >= 15 is 0 Å². The van der Waals surface area contributed by atoms with Crippen LogP contribution in [0, 0.1) is 5.92 Å². The third kappa shape index (κ3) is 8.62. The van der Waals surface area contributed by atoms with Gasteiger partial charge in [0.05, 0.1) is 24.8 Å². The summed E-state index contributed by atoms with van der Waals surface area (Å²) in [5.41, 5.74) is 29.9. The molecule has 4 fully saturated rings. The first-order valence-corrected chi connectivity index (χ1v) is 16.7. The van der Waals surface area contributed by atoms with Gasteiger partial charge in [0, 0.05) is 25.6 Å². The Bertz CT molecular complexity index is 1090. The lowest BCUT2D eigenvalue weighted by Crippen LogP contribution is -2.67. The number of ether oxygens (including phenoxy) is 6. The molecule has 0 radical (unpaired) electrons. The summed E-state index contributed by atoms with van der Waals surface area (Å²) in [4.78, 5) is 12.8. The fraction of sp³-hybridized carbons (Fsp3) is 0.966. The summed E-state index contributed by atoms with van der Waals surface area (Å²) in [5.74, 6) is -1.92. The first kappa shape index (κ1) is 41.6. The van der Waals surface area contributed by atoms with Gasteiger partial charge >= 0.3 is 0 Å². The Kier molecular flexibility index (Phi) is 14.8. The second-order valence-corrected chi connectivity index (χ2v) is 13.4. The molecule has 3 aliphatic heterocycles. The van der Waals surface area contributed by atoms with Gasteiger partial charge in [-0.05, 0) is 18.8 Å². The Hall–Kier alpha value is -1.16. The highest BCUT2D eigenvalue weighted by atomic mass is 19.1. The monoisotopic (exact) mass is 731 g/mol. The van der Waals surface area contributed by atoms with Crippen molar-refractivity contribution in [2.24, 2.45) is 34.6 Å². The van der Waals surface area contributed by atoms with Crippen molar-refractivity contribution in [1.29, 1.82) is 0 Å². The molecule has 21 heteroatoms. The van der Waals surface area contributed by atoms with Gasteiger partial charge in [0.2, 0.25) is 0 Å². The second-order valence-electron chi connectivity index (χ2n) is 13.4. The van der Waals surface area contributed by atoms with Crippen LogP contribution in [-0.4, -0.2) is 189 Å². The Morgan fingerprint density at radius 1 is 0.740 bits per heavy atom. The normalized spacial score (nSPS) is 48.3. The molecule has 0 amide bonds. The number of alkyl halides is 1. The minimum absolute atomic E-state index is 0.118. The topological polar surface area (TPSA) is 364 Å². The van der Waals surface area contributed by atoms with Crippen LogP contribution in [0.25, 0.3) is 0 Å². The van der Waals surface area contributed by atoms with Crippen molar-refractivity contribution < 1.29 is 78.5 Å². The molecule has 1 saturated carbocycles. The van der Waals surface area contributed by atoms with Crippen molar-refractivity contribution in [1.82, 2.24) is 0 Å². The molecule has 0 bridgehead atoms. The lowest BCUT2D eigenvalue weighted by atomic mass is 9.76. The Morgan fingerprint density at radius 3 is 1.70 bits per heavy atom. The highest BCUT2D eigenvalue weighted by molar-refractivity contribution is 5.83. The molecule has 21 atom stereocenters. The maximum atomic E-state index is 14.2. The summed E-state index contributed by atoms with van der Waals surface area (Å²) in [7, 11) is 0. The summed E-state index contributed by atoms with van der Waals surface area (Å²) < 4.78 is 49.1. The van der Waals surface area contributed by atoms with Crippen LogP contribution in [0.15, 0.2) is 0 Å². The molecule has 4 aliphatic rings. The Morgan fingerprint density at radius 2 is 1.22 bits per heavy atom. The summed E-state index contributed by atoms with van der Waals surface area (Å²) in [6.07, 6.45) is -26.3. The number of halogens is 1. The zero-order valence-electron chi connectivity index (χ0n) is 27.6. The molecular formula is C29H54FN5O15. The van der Waals surface area contributed by atoms with Crippen LogP contribution in [0.2, 0.25) is 0 Å². The average Bonchev–Trinajstić information content (AvgIpc) is 3.40. The number of hydrogen-bond acceptors (Lipinski definition) is 20. The molecule has 3 heterocycles. The van der Waals surface area contributed by atoms with Crippen LogP contribution in [-0.2, 0) is 33.2 Å². The SMILES string of the molecule is CC[C@@H](F)[C@H](O)C(=O)C[C@@H]1C[C@H](N)[C@@H](O[C@H]2O[C@H](CN)[C@@H](O)[C@@H](O)[C@H]2N)[C@H](O[C@@H]2O[C@H](CO)[C@@H](O[C@H]3O[C@@H](CN)[C@@H](O)[C@H](O)[C@H]3N)[C@H]2O)[C@H]1O. The smallest absolute Gasteiger partial charge is 0.187 e. The number of nitrogens with two attached hydrogens (primary N) is 5. The van der Waals surface area contributed by atoms with E-state index in [0.29, 0.717) is 0 Å². The molecule has 50 heavy (non-hydrogen) atoms. The second kappa shape index (κ2) is 17.8. The largest absolute Gasteiger partial charge is 0.394 e.